The van der Waals surface area contributed by atoms with Crippen LogP contribution in [-0.2, 0) is 6.42 Å². The maximum absolute atomic E-state index is 9.70. The highest BCUT2D eigenvalue weighted by molar-refractivity contribution is 5.14. The van der Waals surface area contributed by atoms with Gasteiger partial charge in [-0.3, -0.25) is 0 Å². The number of hydrogen-bond donors (Lipinski definition) is 2. The quantitative estimate of drug-likeness (QED) is 0.717. The molecule has 1 rings (SSSR count). The molecule has 1 aromatic rings. The van der Waals surface area contributed by atoms with Crippen LogP contribution in [0.25, 0.3) is 0 Å². The van der Waals surface area contributed by atoms with Gasteiger partial charge < -0.3 is 10.4 Å². The zero-order chi connectivity index (χ0) is 15.0. The summed E-state index contributed by atoms with van der Waals surface area (Å²) in [6.45, 7) is 8.26. The van der Waals surface area contributed by atoms with Gasteiger partial charge >= 0.3 is 0 Å². The standard InChI is InChI=1S/C18H31NO/c1-15(9-8-14-18(3,4)20)19-16(2)12-13-17-10-6-5-7-11-17/h5-7,10-11,15-16,19-20H,8-9,12-14H2,1-4H3. The van der Waals surface area contributed by atoms with E-state index in [0.29, 0.717) is 12.1 Å². The molecule has 114 valence electrons. The molecule has 0 aliphatic rings. The first-order chi connectivity index (χ1) is 9.37. The van der Waals surface area contributed by atoms with Gasteiger partial charge in [-0.2, -0.15) is 0 Å². The molecule has 0 saturated carbocycles. The van der Waals surface area contributed by atoms with Crippen LogP contribution in [-0.4, -0.2) is 22.8 Å². The highest BCUT2D eigenvalue weighted by atomic mass is 16.3. The number of hydrogen-bond acceptors (Lipinski definition) is 2. The summed E-state index contributed by atoms with van der Waals surface area (Å²) in [6.07, 6.45) is 5.37. The van der Waals surface area contributed by atoms with Crippen molar-refractivity contribution < 1.29 is 5.11 Å². The lowest BCUT2D eigenvalue weighted by atomic mass is 9.99. The van der Waals surface area contributed by atoms with Crippen LogP contribution in [0.2, 0.25) is 0 Å². The minimum Gasteiger partial charge on any atom is -0.390 e. The molecule has 0 fully saturated rings. The van der Waals surface area contributed by atoms with E-state index < -0.39 is 5.60 Å². The van der Waals surface area contributed by atoms with Crippen molar-refractivity contribution in [3.63, 3.8) is 0 Å². The lowest BCUT2D eigenvalue weighted by Gasteiger charge is -2.22. The topological polar surface area (TPSA) is 32.3 Å². The van der Waals surface area contributed by atoms with Crippen molar-refractivity contribution in [3.05, 3.63) is 35.9 Å². The van der Waals surface area contributed by atoms with Gasteiger partial charge in [0, 0.05) is 12.1 Å². The summed E-state index contributed by atoms with van der Waals surface area (Å²) in [6, 6.07) is 11.7. The third-order valence-corrected chi connectivity index (χ3v) is 3.70. The molecule has 0 amide bonds. The first-order valence-electron chi connectivity index (χ1n) is 7.89. The van der Waals surface area contributed by atoms with Gasteiger partial charge in [-0.25, -0.2) is 0 Å². The largest absolute Gasteiger partial charge is 0.390 e. The van der Waals surface area contributed by atoms with E-state index in [2.05, 4.69) is 49.5 Å². The monoisotopic (exact) mass is 277 g/mol. The molecule has 2 unspecified atom stereocenters. The third kappa shape index (κ3) is 8.34. The Bertz CT molecular complexity index is 355. The fourth-order valence-electron chi connectivity index (χ4n) is 2.52. The van der Waals surface area contributed by atoms with Gasteiger partial charge in [-0.15, -0.1) is 0 Å². The van der Waals surface area contributed by atoms with Crippen molar-refractivity contribution in [1.29, 1.82) is 0 Å². The molecule has 0 saturated heterocycles. The number of aliphatic hydroxyl groups is 1. The number of rotatable bonds is 9. The zero-order valence-corrected chi connectivity index (χ0v) is 13.5. The first kappa shape index (κ1) is 17.2. The third-order valence-electron chi connectivity index (χ3n) is 3.70. The minimum absolute atomic E-state index is 0.517. The predicted octanol–water partition coefficient (Wildman–Crippen LogP) is 3.93. The van der Waals surface area contributed by atoms with Crippen molar-refractivity contribution in [2.24, 2.45) is 0 Å². The number of benzene rings is 1. The van der Waals surface area contributed by atoms with Gasteiger partial charge in [0.1, 0.15) is 0 Å². The normalized spacial score (nSPS) is 15.1. The molecule has 0 aliphatic heterocycles. The van der Waals surface area contributed by atoms with E-state index in [1.807, 2.05) is 13.8 Å². The maximum Gasteiger partial charge on any atom is 0.0591 e. The van der Waals surface area contributed by atoms with Crippen LogP contribution in [0.3, 0.4) is 0 Å². The second-order valence-electron chi connectivity index (χ2n) is 6.70. The fourth-order valence-corrected chi connectivity index (χ4v) is 2.52. The first-order valence-corrected chi connectivity index (χ1v) is 7.89. The van der Waals surface area contributed by atoms with E-state index in [1.54, 1.807) is 0 Å². The predicted molar refractivity (Wildman–Crippen MR) is 87.0 cm³/mol. The highest BCUT2D eigenvalue weighted by Crippen LogP contribution is 2.13. The van der Waals surface area contributed by atoms with E-state index in [4.69, 9.17) is 0 Å². The van der Waals surface area contributed by atoms with Crippen LogP contribution in [0.15, 0.2) is 30.3 Å². The summed E-state index contributed by atoms with van der Waals surface area (Å²) < 4.78 is 0. The lowest BCUT2D eigenvalue weighted by Crippen LogP contribution is -2.35. The minimum atomic E-state index is -0.529. The summed E-state index contributed by atoms with van der Waals surface area (Å²) in [5, 5.41) is 13.4. The van der Waals surface area contributed by atoms with E-state index in [9.17, 15) is 5.11 Å². The van der Waals surface area contributed by atoms with Gasteiger partial charge in [0.05, 0.1) is 5.60 Å². The van der Waals surface area contributed by atoms with Gasteiger partial charge in [0.25, 0.3) is 0 Å². The SMILES string of the molecule is CC(CCCC(C)(C)O)NC(C)CCc1ccccc1. The van der Waals surface area contributed by atoms with Crippen molar-refractivity contribution >= 4 is 0 Å². The van der Waals surface area contributed by atoms with Crippen LogP contribution in [0.4, 0.5) is 0 Å². The summed E-state index contributed by atoms with van der Waals surface area (Å²) >= 11 is 0. The van der Waals surface area contributed by atoms with E-state index in [1.165, 1.54) is 12.0 Å². The summed E-state index contributed by atoms with van der Waals surface area (Å²) in [4.78, 5) is 0. The molecule has 20 heavy (non-hydrogen) atoms. The van der Waals surface area contributed by atoms with Crippen LogP contribution in [0, 0.1) is 0 Å². The molecule has 1 aromatic carbocycles. The molecular weight excluding hydrogens is 246 g/mol. The van der Waals surface area contributed by atoms with Crippen molar-refractivity contribution in [1.82, 2.24) is 5.32 Å². The Hall–Kier alpha value is -0.860. The number of nitrogens with one attached hydrogen (secondary N) is 1. The zero-order valence-electron chi connectivity index (χ0n) is 13.5. The van der Waals surface area contributed by atoms with Crippen LogP contribution < -0.4 is 5.32 Å². The van der Waals surface area contributed by atoms with E-state index >= 15 is 0 Å². The number of aryl methyl sites for hydroxylation is 1. The molecule has 2 N–H and O–H groups in total. The Labute approximate surface area is 124 Å². The molecule has 2 heteroatoms. The molecule has 0 bridgehead atoms. The molecule has 2 atom stereocenters. The van der Waals surface area contributed by atoms with Crippen LogP contribution >= 0.6 is 0 Å². The Morgan fingerprint density at radius 3 is 2.25 bits per heavy atom. The summed E-state index contributed by atoms with van der Waals surface area (Å²) in [5.74, 6) is 0. The second-order valence-corrected chi connectivity index (χ2v) is 6.70. The Balaban J connectivity index is 2.16. The van der Waals surface area contributed by atoms with Gasteiger partial charge in [0.2, 0.25) is 0 Å². The van der Waals surface area contributed by atoms with Crippen molar-refractivity contribution in [2.45, 2.75) is 77.5 Å². The Kier molecular flexibility index (Phi) is 7.25. The van der Waals surface area contributed by atoms with Crippen LogP contribution in [0.1, 0.15) is 58.9 Å². The Morgan fingerprint density at radius 1 is 1.05 bits per heavy atom. The molecule has 0 aromatic heterocycles. The second kappa shape index (κ2) is 8.43. The highest BCUT2D eigenvalue weighted by Gasteiger charge is 2.13. The van der Waals surface area contributed by atoms with Crippen molar-refractivity contribution in [3.8, 4) is 0 Å². The summed E-state index contributed by atoms with van der Waals surface area (Å²) in [7, 11) is 0. The molecule has 0 radical (unpaired) electrons. The lowest BCUT2D eigenvalue weighted by molar-refractivity contribution is 0.0674. The van der Waals surface area contributed by atoms with Gasteiger partial charge in [-0.05, 0) is 65.4 Å². The average Bonchev–Trinajstić information content (AvgIpc) is 2.36. The summed E-state index contributed by atoms with van der Waals surface area (Å²) in [5.41, 5.74) is 0.884. The molecule has 0 aliphatic carbocycles. The molecule has 2 nitrogen and oxygen atoms in total. The van der Waals surface area contributed by atoms with Gasteiger partial charge in [0.15, 0.2) is 0 Å². The van der Waals surface area contributed by atoms with E-state index in [-0.39, 0.29) is 0 Å². The molecule has 0 heterocycles. The van der Waals surface area contributed by atoms with Gasteiger partial charge in [-0.1, -0.05) is 30.3 Å². The maximum atomic E-state index is 9.70. The fraction of sp³-hybridized carbons (Fsp3) is 0.667. The Morgan fingerprint density at radius 2 is 1.65 bits per heavy atom. The smallest absolute Gasteiger partial charge is 0.0591 e. The van der Waals surface area contributed by atoms with Crippen LogP contribution in [0.5, 0.6) is 0 Å². The molecule has 0 spiro atoms. The van der Waals surface area contributed by atoms with Crippen molar-refractivity contribution in [2.75, 3.05) is 0 Å². The van der Waals surface area contributed by atoms with E-state index in [0.717, 1.165) is 25.7 Å². The average molecular weight is 277 g/mol. The molecular formula is C18H31NO.